The molecule has 2 aliphatic rings. The molecule has 0 saturated carbocycles. The van der Waals surface area contributed by atoms with E-state index in [1.165, 1.54) is 18.4 Å². The SMILES string of the molecule is COc1cc(-n2cnc(Nc3nc4c(c(N5CCCC5)n3)CNC4)c2)cc(OC)c1OC. The van der Waals surface area contributed by atoms with Crippen molar-refractivity contribution in [1.29, 1.82) is 0 Å². The molecule has 2 aliphatic heterocycles. The lowest BCUT2D eigenvalue weighted by molar-refractivity contribution is 0.324. The molecule has 10 nitrogen and oxygen atoms in total. The van der Waals surface area contributed by atoms with Crippen molar-refractivity contribution in [2.24, 2.45) is 0 Å². The Morgan fingerprint density at radius 3 is 2.41 bits per heavy atom. The van der Waals surface area contributed by atoms with Gasteiger partial charge in [0.15, 0.2) is 17.3 Å². The average molecular weight is 438 g/mol. The van der Waals surface area contributed by atoms with Crippen LogP contribution < -0.4 is 29.7 Å². The Balaban J connectivity index is 1.43. The van der Waals surface area contributed by atoms with E-state index >= 15 is 0 Å². The molecule has 2 N–H and O–H groups in total. The molecule has 1 saturated heterocycles. The molecule has 2 aromatic heterocycles. The third-order valence-electron chi connectivity index (χ3n) is 5.84. The van der Waals surface area contributed by atoms with Crippen molar-refractivity contribution in [3.8, 4) is 22.9 Å². The number of aromatic nitrogens is 4. The quantitative estimate of drug-likeness (QED) is 0.578. The molecule has 1 fully saturated rings. The number of methoxy groups -OCH3 is 3. The minimum Gasteiger partial charge on any atom is -0.493 e. The Kier molecular flexibility index (Phi) is 5.44. The maximum Gasteiger partial charge on any atom is 0.230 e. The van der Waals surface area contributed by atoms with Crippen molar-refractivity contribution < 1.29 is 14.2 Å². The molecule has 0 aliphatic carbocycles. The number of rotatable bonds is 7. The largest absolute Gasteiger partial charge is 0.493 e. The molecule has 5 rings (SSSR count). The molecule has 32 heavy (non-hydrogen) atoms. The summed E-state index contributed by atoms with van der Waals surface area (Å²) in [6.45, 7) is 3.65. The van der Waals surface area contributed by atoms with E-state index in [9.17, 15) is 0 Å². The van der Waals surface area contributed by atoms with E-state index in [1.54, 1.807) is 27.7 Å². The van der Waals surface area contributed by atoms with Crippen LogP contribution in [0.25, 0.3) is 5.69 Å². The maximum absolute atomic E-state index is 5.46. The van der Waals surface area contributed by atoms with Crippen molar-refractivity contribution in [3.63, 3.8) is 0 Å². The highest BCUT2D eigenvalue weighted by molar-refractivity contribution is 5.60. The molecule has 3 aromatic rings. The number of anilines is 3. The van der Waals surface area contributed by atoms with Crippen molar-refractivity contribution in [3.05, 3.63) is 35.9 Å². The molecule has 4 heterocycles. The van der Waals surface area contributed by atoms with Gasteiger partial charge in [0.25, 0.3) is 0 Å². The van der Waals surface area contributed by atoms with Crippen molar-refractivity contribution in [2.45, 2.75) is 25.9 Å². The molecule has 0 spiro atoms. The van der Waals surface area contributed by atoms with E-state index in [0.717, 1.165) is 43.4 Å². The van der Waals surface area contributed by atoms with Gasteiger partial charge in [-0.3, -0.25) is 0 Å². The predicted octanol–water partition coefficient (Wildman–Crippen LogP) is 2.64. The second-order valence-electron chi connectivity index (χ2n) is 7.77. The zero-order valence-electron chi connectivity index (χ0n) is 18.5. The summed E-state index contributed by atoms with van der Waals surface area (Å²) in [6, 6.07) is 3.74. The van der Waals surface area contributed by atoms with Gasteiger partial charge in [0.2, 0.25) is 11.7 Å². The highest BCUT2D eigenvalue weighted by Crippen LogP contribution is 2.39. The first-order valence-electron chi connectivity index (χ1n) is 10.7. The van der Waals surface area contributed by atoms with Gasteiger partial charge in [-0.2, -0.15) is 4.98 Å². The summed E-state index contributed by atoms with van der Waals surface area (Å²) in [5.41, 5.74) is 3.09. The van der Waals surface area contributed by atoms with Crippen LogP contribution in [0.15, 0.2) is 24.7 Å². The van der Waals surface area contributed by atoms with Crippen molar-refractivity contribution >= 4 is 17.6 Å². The lowest BCUT2D eigenvalue weighted by Crippen LogP contribution is -2.22. The maximum atomic E-state index is 5.46. The Bertz CT molecular complexity index is 1100. The summed E-state index contributed by atoms with van der Waals surface area (Å²) >= 11 is 0. The first kappa shape index (κ1) is 20.4. The number of benzene rings is 1. The first-order chi connectivity index (χ1) is 15.7. The fourth-order valence-electron chi connectivity index (χ4n) is 4.26. The predicted molar refractivity (Wildman–Crippen MR) is 121 cm³/mol. The summed E-state index contributed by atoms with van der Waals surface area (Å²) in [7, 11) is 4.78. The lowest BCUT2D eigenvalue weighted by Gasteiger charge is -2.20. The second kappa shape index (κ2) is 8.54. The van der Waals surface area contributed by atoms with Crippen LogP contribution in [0.5, 0.6) is 17.2 Å². The lowest BCUT2D eigenvalue weighted by atomic mass is 10.2. The van der Waals surface area contributed by atoms with Crippen LogP contribution >= 0.6 is 0 Å². The monoisotopic (exact) mass is 437 g/mol. The number of imidazole rings is 1. The second-order valence-corrected chi connectivity index (χ2v) is 7.77. The van der Waals surface area contributed by atoms with Gasteiger partial charge in [0, 0.05) is 43.9 Å². The summed E-state index contributed by atoms with van der Waals surface area (Å²) in [5, 5.41) is 6.66. The molecule has 1 aromatic carbocycles. The third-order valence-corrected chi connectivity index (χ3v) is 5.84. The zero-order chi connectivity index (χ0) is 22.1. The first-order valence-corrected chi connectivity index (χ1v) is 10.7. The fraction of sp³-hybridized carbons (Fsp3) is 0.409. The number of fused-ring (bicyclic) bond motifs is 1. The van der Waals surface area contributed by atoms with Gasteiger partial charge in [0.1, 0.15) is 12.1 Å². The van der Waals surface area contributed by atoms with Gasteiger partial charge in [-0.05, 0) is 12.8 Å². The summed E-state index contributed by atoms with van der Waals surface area (Å²) in [6.07, 6.45) is 6.01. The van der Waals surface area contributed by atoms with Crippen LogP contribution in [-0.2, 0) is 13.1 Å². The van der Waals surface area contributed by atoms with Crippen LogP contribution in [0.3, 0.4) is 0 Å². The van der Waals surface area contributed by atoms with Crippen LogP contribution in [0.4, 0.5) is 17.6 Å². The van der Waals surface area contributed by atoms with E-state index < -0.39 is 0 Å². The van der Waals surface area contributed by atoms with E-state index in [0.29, 0.717) is 29.0 Å². The van der Waals surface area contributed by atoms with Gasteiger partial charge in [-0.25, -0.2) is 9.97 Å². The molecular weight excluding hydrogens is 410 g/mol. The highest BCUT2D eigenvalue weighted by atomic mass is 16.5. The summed E-state index contributed by atoms with van der Waals surface area (Å²) in [4.78, 5) is 16.4. The smallest absolute Gasteiger partial charge is 0.230 e. The number of nitrogens with zero attached hydrogens (tertiary/aromatic N) is 5. The Hall–Kier alpha value is -3.53. The normalized spacial score (nSPS) is 15.0. The molecule has 0 unspecified atom stereocenters. The standard InChI is InChI=1S/C22H27N7O3/c1-30-17-8-14(9-18(31-2)20(17)32-3)29-12-19(24-13-29)26-22-25-16-11-23-10-15(16)21(27-22)28-6-4-5-7-28/h8-9,12-13,23H,4-7,10-11H2,1-3H3,(H,25,26,27). The number of hydrogen-bond acceptors (Lipinski definition) is 9. The Morgan fingerprint density at radius 1 is 0.969 bits per heavy atom. The van der Waals surface area contributed by atoms with Gasteiger partial charge < -0.3 is 34.3 Å². The minimum atomic E-state index is 0.548. The van der Waals surface area contributed by atoms with E-state index in [1.807, 2.05) is 22.9 Å². The fourth-order valence-corrected chi connectivity index (χ4v) is 4.26. The van der Waals surface area contributed by atoms with E-state index in [-0.39, 0.29) is 0 Å². The third kappa shape index (κ3) is 3.66. The molecule has 10 heteroatoms. The van der Waals surface area contributed by atoms with Crippen LogP contribution in [-0.4, -0.2) is 53.9 Å². The molecule has 0 amide bonds. The number of nitrogens with one attached hydrogen (secondary N) is 2. The highest BCUT2D eigenvalue weighted by Gasteiger charge is 2.25. The average Bonchev–Trinajstić information content (AvgIpc) is 3.59. The van der Waals surface area contributed by atoms with Crippen molar-refractivity contribution in [2.75, 3.05) is 44.6 Å². The molecular formula is C22H27N7O3. The Morgan fingerprint density at radius 2 is 1.72 bits per heavy atom. The summed E-state index contributed by atoms with van der Waals surface area (Å²) < 4.78 is 18.2. The molecule has 0 radical (unpaired) electrons. The van der Waals surface area contributed by atoms with E-state index in [4.69, 9.17) is 24.2 Å². The van der Waals surface area contributed by atoms with E-state index in [2.05, 4.69) is 20.5 Å². The van der Waals surface area contributed by atoms with Crippen molar-refractivity contribution in [1.82, 2.24) is 24.8 Å². The number of hydrogen-bond donors (Lipinski definition) is 2. The zero-order valence-corrected chi connectivity index (χ0v) is 18.5. The Labute approximate surface area is 186 Å². The van der Waals surface area contributed by atoms with Gasteiger partial charge in [-0.1, -0.05) is 0 Å². The van der Waals surface area contributed by atoms with Gasteiger partial charge in [-0.15, -0.1) is 0 Å². The minimum absolute atomic E-state index is 0.548. The van der Waals surface area contributed by atoms with Gasteiger partial charge >= 0.3 is 0 Å². The topological polar surface area (TPSA) is 98.6 Å². The van der Waals surface area contributed by atoms with Crippen LogP contribution in [0.2, 0.25) is 0 Å². The van der Waals surface area contributed by atoms with Crippen LogP contribution in [0, 0.1) is 0 Å². The van der Waals surface area contributed by atoms with Gasteiger partial charge in [0.05, 0.1) is 38.9 Å². The summed E-state index contributed by atoms with van der Waals surface area (Å²) in [5.74, 6) is 3.95. The van der Waals surface area contributed by atoms with Crippen LogP contribution in [0.1, 0.15) is 24.1 Å². The molecule has 0 atom stereocenters. The number of ether oxygens (including phenoxy) is 3. The molecule has 168 valence electrons. The molecule has 0 bridgehead atoms.